The van der Waals surface area contributed by atoms with Gasteiger partial charge in [-0.05, 0) is 5.57 Å². The van der Waals surface area contributed by atoms with E-state index in [0.29, 0.717) is 0 Å². The van der Waals surface area contributed by atoms with Gasteiger partial charge in [-0.1, -0.05) is 6.58 Å². The van der Waals surface area contributed by atoms with E-state index in [9.17, 15) is 4.57 Å². The van der Waals surface area contributed by atoms with Crippen LogP contribution in [0.2, 0.25) is 0 Å². The predicted molar refractivity (Wildman–Crippen MR) is 34.2 cm³/mol. The highest BCUT2D eigenvalue weighted by Crippen LogP contribution is 2.35. The van der Waals surface area contributed by atoms with Gasteiger partial charge < -0.3 is 14.9 Å². The van der Waals surface area contributed by atoms with Crippen molar-refractivity contribution in [1.29, 1.82) is 0 Å². The van der Waals surface area contributed by atoms with Gasteiger partial charge in [0, 0.05) is 0 Å². The van der Waals surface area contributed by atoms with Crippen LogP contribution in [0.3, 0.4) is 0 Å². The molecule has 0 aliphatic rings. The Kier molecular flexibility index (Phi) is 3.78. The molecular formula is C4H9O5P. The Labute approximate surface area is 58.2 Å². The molecule has 0 radical (unpaired) electrons. The summed E-state index contributed by atoms with van der Waals surface area (Å²) in [6, 6.07) is 0. The number of phosphoric ester groups is 1. The molecule has 0 spiro atoms. The maximum absolute atomic E-state index is 10.0. The highest BCUT2D eigenvalue weighted by Gasteiger charge is 2.13. The quantitative estimate of drug-likeness (QED) is 0.394. The van der Waals surface area contributed by atoms with Crippen LogP contribution >= 0.6 is 7.82 Å². The first kappa shape index (κ1) is 9.81. The van der Waals surface area contributed by atoms with E-state index < -0.39 is 7.82 Å². The first-order chi connectivity index (χ1) is 4.45. The highest BCUT2D eigenvalue weighted by molar-refractivity contribution is 7.46. The third kappa shape index (κ3) is 5.94. The lowest BCUT2D eigenvalue weighted by molar-refractivity contribution is 0.203. The Bertz CT molecular complexity index is 159. The van der Waals surface area contributed by atoms with Crippen molar-refractivity contribution < 1.29 is 24.0 Å². The van der Waals surface area contributed by atoms with Crippen LogP contribution in [0.1, 0.15) is 0 Å². The standard InChI is InChI=1S/C4H9O5P/c1-4(2-5)3-9-10(6,7)8/h5H,1-3H2,(H2,6,7,8). The molecule has 6 heteroatoms. The molecule has 0 aliphatic heterocycles. The molecule has 0 saturated carbocycles. The van der Waals surface area contributed by atoms with Crippen LogP contribution in [0, 0.1) is 0 Å². The van der Waals surface area contributed by atoms with Crippen molar-refractivity contribution in [1.82, 2.24) is 0 Å². The summed E-state index contributed by atoms with van der Waals surface area (Å²) < 4.78 is 14.0. The van der Waals surface area contributed by atoms with Gasteiger partial charge >= 0.3 is 7.82 Å². The summed E-state index contributed by atoms with van der Waals surface area (Å²) in [4.78, 5) is 16.3. The van der Waals surface area contributed by atoms with Gasteiger partial charge in [0.1, 0.15) is 0 Å². The molecule has 0 heterocycles. The van der Waals surface area contributed by atoms with E-state index in [-0.39, 0.29) is 18.8 Å². The Morgan fingerprint density at radius 2 is 2.10 bits per heavy atom. The number of hydrogen-bond donors (Lipinski definition) is 3. The maximum atomic E-state index is 10.0. The van der Waals surface area contributed by atoms with Crippen molar-refractivity contribution in [3.63, 3.8) is 0 Å². The first-order valence-electron chi connectivity index (χ1n) is 2.43. The van der Waals surface area contributed by atoms with Crippen LogP contribution in [-0.4, -0.2) is 28.1 Å². The second-order valence-electron chi connectivity index (χ2n) is 1.67. The van der Waals surface area contributed by atoms with Gasteiger partial charge in [0.15, 0.2) is 0 Å². The van der Waals surface area contributed by atoms with E-state index in [1.807, 2.05) is 0 Å². The monoisotopic (exact) mass is 168 g/mol. The maximum Gasteiger partial charge on any atom is 0.469 e. The molecule has 0 bridgehead atoms. The summed E-state index contributed by atoms with van der Waals surface area (Å²) in [7, 11) is -4.40. The third-order valence-corrected chi connectivity index (χ3v) is 1.13. The fourth-order valence-electron chi connectivity index (χ4n) is 0.221. The van der Waals surface area contributed by atoms with Crippen LogP contribution in [0.25, 0.3) is 0 Å². The lowest BCUT2D eigenvalue weighted by Gasteiger charge is -2.04. The third-order valence-electron chi connectivity index (χ3n) is 0.660. The molecule has 5 nitrogen and oxygen atoms in total. The summed E-state index contributed by atoms with van der Waals surface area (Å²) >= 11 is 0. The highest BCUT2D eigenvalue weighted by atomic mass is 31.2. The smallest absolute Gasteiger partial charge is 0.392 e. The van der Waals surface area contributed by atoms with Gasteiger partial charge in [0.2, 0.25) is 0 Å². The zero-order valence-electron chi connectivity index (χ0n) is 5.23. The molecule has 0 aliphatic carbocycles. The molecule has 3 N–H and O–H groups in total. The molecule has 10 heavy (non-hydrogen) atoms. The van der Waals surface area contributed by atoms with Crippen molar-refractivity contribution in [2.24, 2.45) is 0 Å². The molecule has 0 aromatic heterocycles. The van der Waals surface area contributed by atoms with E-state index in [1.54, 1.807) is 0 Å². The fourth-order valence-corrected chi connectivity index (χ4v) is 0.572. The van der Waals surface area contributed by atoms with Crippen LogP contribution in [-0.2, 0) is 9.09 Å². The van der Waals surface area contributed by atoms with Crippen molar-refractivity contribution in [3.05, 3.63) is 12.2 Å². The SMILES string of the molecule is C=C(CO)COP(=O)(O)O. The molecule has 0 aromatic rings. The number of hydrogen-bond acceptors (Lipinski definition) is 3. The Balaban J connectivity index is 3.56. The Hall–Kier alpha value is -0.190. The van der Waals surface area contributed by atoms with E-state index in [4.69, 9.17) is 14.9 Å². The number of aliphatic hydroxyl groups is 1. The van der Waals surface area contributed by atoms with E-state index >= 15 is 0 Å². The Morgan fingerprint density at radius 1 is 1.60 bits per heavy atom. The minimum Gasteiger partial charge on any atom is -0.392 e. The molecular weight excluding hydrogens is 159 g/mol. The van der Waals surface area contributed by atoms with Gasteiger partial charge in [-0.15, -0.1) is 0 Å². The van der Waals surface area contributed by atoms with Gasteiger partial charge in [-0.25, -0.2) is 4.57 Å². The lowest BCUT2D eigenvalue weighted by atomic mass is 10.4. The number of rotatable bonds is 4. The summed E-state index contributed by atoms with van der Waals surface area (Å²) in [5.41, 5.74) is 0.225. The normalized spacial score (nSPS) is 11.5. The predicted octanol–water partition coefficient (Wildman–Crippen LogP) is -0.356. The van der Waals surface area contributed by atoms with Crippen molar-refractivity contribution in [2.45, 2.75) is 0 Å². The molecule has 0 unspecified atom stereocenters. The minimum atomic E-state index is -4.40. The fraction of sp³-hybridized carbons (Fsp3) is 0.500. The minimum absolute atomic E-state index is 0.225. The van der Waals surface area contributed by atoms with E-state index in [2.05, 4.69) is 11.1 Å². The van der Waals surface area contributed by atoms with Gasteiger partial charge in [-0.2, -0.15) is 0 Å². The van der Waals surface area contributed by atoms with Crippen LogP contribution in [0.5, 0.6) is 0 Å². The zero-order chi connectivity index (χ0) is 8.20. The summed E-state index contributed by atoms with van der Waals surface area (Å²) in [6.45, 7) is 2.61. The second-order valence-corrected chi connectivity index (χ2v) is 2.91. The van der Waals surface area contributed by atoms with Gasteiger partial charge in [0.05, 0.1) is 13.2 Å². The van der Waals surface area contributed by atoms with Crippen LogP contribution in [0.15, 0.2) is 12.2 Å². The first-order valence-corrected chi connectivity index (χ1v) is 3.96. The van der Waals surface area contributed by atoms with Gasteiger partial charge in [-0.3, -0.25) is 4.52 Å². The molecule has 0 amide bonds. The van der Waals surface area contributed by atoms with Gasteiger partial charge in [0.25, 0.3) is 0 Å². The average molecular weight is 168 g/mol. The Morgan fingerprint density at radius 3 is 2.40 bits per heavy atom. The van der Waals surface area contributed by atoms with Crippen LogP contribution in [0.4, 0.5) is 0 Å². The van der Waals surface area contributed by atoms with Crippen molar-refractivity contribution >= 4 is 7.82 Å². The molecule has 0 atom stereocenters. The van der Waals surface area contributed by atoms with Crippen LogP contribution < -0.4 is 0 Å². The van der Waals surface area contributed by atoms with Crippen molar-refractivity contribution in [2.75, 3.05) is 13.2 Å². The summed E-state index contributed by atoms with van der Waals surface area (Å²) in [5, 5.41) is 8.30. The lowest BCUT2D eigenvalue weighted by Crippen LogP contribution is -1.98. The van der Waals surface area contributed by atoms with E-state index in [0.717, 1.165) is 0 Å². The molecule has 0 saturated heterocycles. The molecule has 0 aromatic carbocycles. The number of phosphoric acid groups is 1. The topological polar surface area (TPSA) is 87.0 Å². The number of aliphatic hydroxyl groups excluding tert-OH is 1. The average Bonchev–Trinajstić information content (AvgIpc) is 1.81. The summed E-state index contributed by atoms with van der Waals surface area (Å²) in [6.07, 6.45) is 0. The summed E-state index contributed by atoms with van der Waals surface area (Å²) in [5.74, 6) is 0. The molecule has 0 fully saturated rings. The second kappa shape index (κ2) is 3.85. The van der Waals surface area contributed by atoms with Crippen molar-refractivity contribution in [3.8, 4) is 0 Å². The van der Waals surface area contributed by atoms with E-state index in [1.165, 1.54) is 0 Å². The molecule has 60 valence electrons. The molecule has 0 rings (SSSR count). The zero-order valence-corrected chi connectivity index (χ0v) is 6.12. The largest absolute Gasteiger partial charge is 0.469 e.